The molecule has 3 rings (SSSR count). The zero-order valence-electron chi connectivity index (χ0n) is 18.4. The number of anilines is 1. The van der Waals surface area contributed by atoms with Crippen LogP contribution >= 0.6 is 12.4 Å². The number of aryl methyl sites for hydroxylation is 1. The molecule has 0 spiro atoms. The highest BCUT2D eigenvalue weighted by molar-refractivity contribution is 5.85. The Hall–Kier alpha value is -1.71. The number of hydrogen-bond acceptors (Lipinski definition) is 3. The Morgan fingerprint density at radius 1 is 1.07 bits per heavy atom. The zero-order chi connectivity index (χ0) is 19.9. The molecular weight excluding hydrogens is 380 g/mol. The molecule has 0 aromatic heterocycles. The van der Waals surface area contributed by atoms with Crippen LogP contribution in [0.25, 0.3) is 0 Å². The van der Waals surface area contributed by atoms with Crippen LogP contribution in [0.5, 0.6) is 5.75 Å². The first kappa shape index (κ1) is 23.6. The Morgan fingerprint density at radius 3 is 2.45 bits per heavy atom. The molecule has 0 aliphatic carbocycles. The summed E-state index contributed by atoms with van der Waals surface area (Å²) in [5.74, 6) is 2.11. The standard InChI is InChI=1S/C25H36N2O.ClH/c1-5-6-16-27-17-15-24(21-11-13-23(14-12-21)26(3)4)22(18-27)19-28-25-10-8-7-9-20(25)2;/h7-14,22,24H,5-6,15-19H2,1-4H3;1H/t22-,24-;/m1./s1. The maximum Gasteiger partial charge on any atom is 0.122 e. The molecule has 0 bridgehead atoms. The number of halogens is 1. The van der Waals surface area contributed by atoms with E-state index in [-0.39, 0.29) is 12.4 Å². The van der Waals surface area contributed by atoms with Crippen LogP contribution in [0.3, 0.4) is 0 Å². The maximum atomic E-state index is 6.31. The van der Waals surface area contributed by atoms with E-state index in [1.165, 1.54) is 49.2 Å². The van der Waals surface area contributed by atoms with Gasteiger partial charge in [0, 0.05) is 32.2 Å². The molecule has 3 nitrogen and oxygen atoms in total. The number of piperidine rings is 1. The van der Waals surface area contributed by atoms with Gasteiger partial charge in [0.1, 0.15) is 5.75 Å². The van der Waals surface area contributed by atoms with Gasteiger partial charge in [-0.25, -0.2) is 0 Å². The molecule has 0 saturated carbocycles. The van der Waals surface area contributed by atoms with Gasteiger partial charge in [-0.15, -0.1) is 12.4 Å². The van der Waals surface area contributed by atoms with Crippen LogP contribution in [0.4, 0.5) is 5.69 Å². The number of para-hydroxylation sites is 1. The topological polar surface area (TPSA) is 15.7 Å². The van der Waals surface area contributed by atoms with Crippen molar-refractivity contribution in [2.24, 2.45) is 5.92 Å². The third-order valence-electron chi connectivity index (χ3n) is 6.03. The van der Waals surface area contributed by atoms with Gasteiger partial charge >= 0.3 is 0 Å². The molecule has 0 radical (unpaired) electrons. The largest absolute Gasteiger partial charge is 0.493 e. The molecule has 1 aliphatic rings. The lowest BCUT2D eigenvalue weighted by molar-refractivity contribution is 0.110. The van der Waals surface area contributed by atoms with Crippen molar-refractivity contribution < 1.29 is 4.74 Å². The molecule has 0 N–H and O–H groups in total. The van der Waals surface area contributed by atoms with Crippen LogP contribution in [0.1, 0.15) is 43.2 Å². The normalized spacial score (nSPS) is 19.4. The van der Waals surface area contributed by atoms with Gasteiger partial charge in [-0.3, -0.25) is 0 Å². The van der Waals surface area contributed by atoms with E-state index in [0.29, 0.717) is 11.8 Å². The third-order valence-corrected chi connectivity index (χ3v) is 6.03. The average molecular weight is 417 g/mol. The molecule has 2 aromatic rings. The van der Waals surface area contributed by atoms with Crippen LogP contribution in [-0.2, 0) is 0 Å². The minimum absolute atomic E-state index is 0. The predicted octanol–water partition coefficient (Wildman–Crippen LogP) is 5.77. The Labute approximate surface area is 183 Å². The van der Waals surface area contributed by atoms with Crippen molar-refractivity contribution in [2.45, 2.75) is 39.0 Å². The Balaban J connectivity index is 0.00000300. The lowest BCUT2D eigenvalue weighted by Gasteiger charge is -2.39. The molecule has 2 aromatic carbocycles. The highest BCUT2D eigenvalue weighted by Gasteiger charge is 2.30. The van der Waals surface area contributed by atoms with Gasteiger partial charge in [-0.1, -0.05) is 43.7 Å². The number of benzene rings is 2. The van der Waals surface area contributed by atoms with Crippen molar-refractivity contribution in [1.82, 2.24) is 4.90 Å². The molecule has 1 aliphatic heterocycles. The second kappa shape index (κ2) is 11.5. The maximum absolute atomic E-state index is 6.31. The third kappa shape index (κ3) is 6.38. The van der Waals surface area contributed by atoms with Crippen molar-refractivity contribution in [1.29, 1.82) is 0 Å². The number of hydrogen-bond donors (Lipinski definition) is 0. The molecule has 2 atom stereocenters. The van der Waals surface area contributed by atoms with Crippen molar-refractivity contribution in [3.63, 3.8) is 0 Å². The zero-order valence-corrected chi connectivity index (χ0v) is 19.3. The monoisotopic (exact) mass is 416 g/mol. The highest BCUT2D eigenvalue weighted by atomic mass is 35.5. The second-order valence-corrected chi connectivity index (χ2v) is 8.37. The van der Waals surface area contributed by atoms with Crippen LogP contribution in [0.15, 0.2) is 48.5 Å². The minimum Gasteiger partial charge on any atom is -0.493 e. The van der Waals surface area contributed by atoms with Gasteiger partial charge < -0.3 is 14.5 Å². The Bertz CT molecular complexity index is 732. The summed E-state index contributed by atoms with van der Waals surface area (Å²) in [6, 6.07) is 17.5. The van der Waals surface area contributed by atoms with Gasteiger partial charge in [0.25, 0.3) is 0 Å². The summed E-state index contributed by atoms with van der Waals surface area (Å²) in [6.45, 7) is 8.73. The fourth-order valence-electron chi connectivity index (χ4n) is 4.23. The summed E-state index contributed by atoms with van der Waals surface area (Å²) in [6.07, 6.45) is 3.76. The van der Waals surface area contributed by atoms with E-state index in [4.69, 9.17) is 4.74 Å². The second-order valence-electron chi connectivity index (χ2n) is 8.37. The van der Waals surface area contributed by atoms with Crippen molar-refractivity contribution in [3.8, 4) is 5.75 Å². The fraction of sp³-hybridized carbons (Fsp3) is 0.520. The van der Waals surface area contributed by atoms with E-state index >= 15 is 0 Å². The van der Waals surface area contributed by atoms with Crippen LogP contribution < -0.4 is 9.64 Å². The van der Waals surface area contributed by atoms with E-state index in [9.17, 15) is 0 Å². The SMILES string of the molecule is CCCCN1CC[C@H](c2ccc(N(C)C)cc2)[C@@H](COc2ccccc2C)C1.Cl. The van der Waals surface area contributed by atoms with Crippen LogP contribution in [0, 0.1) is 12.8 Å². The summed E-state index contributed by atoms with van der Waals surface area (Å²) in [5, 5.41) is 0. The van der Waals surface area contributed by atoms with Gasteiger partial charge in [-0.05, 0) is 68.1 Å². The predicted molar refractivity (Wildman–Crippen MR) is 127 cm³/mol. The fourth-order valence-corrected chi connectivity index (χ4v) is 4.23. The first-order valence-electron chi connectivity index (χ1n) is 10.8. The minimum atomic E-state index is 0. The van der Waals surface area contributed by atoms with E-state index in [1.54, 1.807) is 0 Å². The number of unbranched alkanes of at least 4 members (excludes halogenated alkanes) is 1. The van der Waals surface area contributed by atoms with Gasteiger partial charge in [0.2, 0.25) is 0 Å². The lowest BCUT2D eigenvalue weighted by atomic mass is 9.80. The molecule has 29 heavy (non-hydrogen) atoms. The first-order valence-corrected chi connectivity index (χ1v) is 10.8. The van der Waals surface area contributed by atoms with Gasteiger partial charge in [0.05, 0.1) is 6.61 Å². The molecule has 1 heterocycles. The molecule has 0 amide bonds. The van der Waals surface area contributed by atoms with Gasteiger partial charge in [0.15, 0.2) is 0 Å². The number of ether oxygens (including phenoxy) is 1. The summed E-state index contributed by atoms with van der Waals surface area (Å²) in [4.78, 5) is 4.80. The summed E-state index contributed by atoms with van der Waals surface area (Å²) < 4.78 is 6.31. The highest BCUT2D eigenvalue weighted by Crippen LogP contribution is 2.34. The van der Waals surface area contributed by atoms with Gasteiger partial charge in [-0.2, -0.15) is 0 Å². The first-order chi connectivity index (χ1) is 13.6. The van der Waals surface area contributed by atoms with Crippen molar-refractivity contribution >= 4 is 18.1 Å². The van der Waals surface area contributed by atoms with E-state index < -0.39 is 0 Å². The molecule has 0 unspecified atom stereocenters. The summed E-state index contributed by atoms with van der Waals surface area (Å²) >= 11 is 0. The van der Waals surface area contributed by atoms with E-state index in [0.717, 1.165) is 18.9 Å². The summed E-state index contributed by atoms with van der Waals surface area (Å²) in [7, 11) is 4.19. The van der Waals surface area contributed by atoms with Crippen LogP contribution in [0.2, 0.25) is 0 Å². The summed E-state index contributed by atoms with van der Waals surface area (Å²) in [5.41, 5.74) is 3.93. The number of likely N-dealkylation sites (tertiary alicyclic amines) is 1. The van der Waals surface area contributed by atoms with E-state index in [2.05, 4.69) is 86.3 Å². The number of nitrogens with zero attached hydrogens (tertiary/aromatic N) is 2. The lowest BCUT2D eigenvalue weighted by Crippen LogP contribution is -2.42. The molecule has 160 valence electrons. The smallest absolute Gasteiger partial charge is 0.122 e. The molecule has 1 saturated heterocycles. The molecular formula is C25H37ClN2O. The van der Waals surface area contributed by atoms with Crippen molar-refractivity contribution in [3.05, 3.63) is 59.7 Å². The average Bonchev–Trinajstić information content (AvgIpc) is 2.72. The molecule has 1 fully saturated rings. The molecule has 4 heteroatoms. The quantitative estimate of drug-likeness (QED) is 0.543. The Kier molecular flexibility index (Phi) is 9.32. The van der Waals surface area contributed by atoms with Crippen LogP contribution in [-0.4, -0.2) is 45.2 Å². The Morgan fingerprint density at radius 2 is 1.79 bits per heavy atom. The van der Waals surface area contributed by atoms with E-state index in [1.807, 2.05) is 0 Å². The number of rotatable bonds is 8. The van der Waals surface area contributed by atoms with Crippen molar-refractivity contribution in [2.75, 3.05) is 45.2 Å².